The van der Waals surface area contributed by atoms with E-state index in [1.807, 2.05) is 33.8 Å². The normalized spacial score (nSPS) is 10.8. The Morgan fingerprint density at radius 3 is 2.30 bits per heavy atom. The number of benzene rings is 2. The first-order valence-corrected chi connectivity index (χ1v) is 9.94. The van der Waals surface area contributed by atoms with Crippen LogP contribution in [0.3, 0.4) is 0 Å². The zero-order valence-corrected chi connectivity index (χ0v) is 18.2. The van der Waals surface area contributed by atoms with Crippen molar-refractivity contribution in [3.63, 3.8) is 0 Å². The van der Waals surface area contributed by atoms with E-state index in [0.29, 0.717) is 29.0 Å². The van der Waals surface area contributed by atoms with Crippen LogP contribution in [0.15, 0.2) is 42.5 Å². The predicted molar refractivity (Wildman–Crippen MR) is 121 cm³/mol. The van der Waals surface area contributed by atoms with Gasteiger partial charge in [-0.2, -0.15) is 0 Å². The minimum Gasteiger partial charge on any atom is -0.376 e. The van der Waals surface area contributed by atoms with Gasteiger partial charge < -0.3 is 21.3 Å². The molecule has 7 nitrogen and oxygen atoms in total. The van der Waals surface area contributed by atoms with Crippen molar-refractivity contribution in [3.8, 4) is 0 Å². The molecule has 4 N–H and O–H groups in total. The number of rotatable bonds is 7. The number of hydrogen-bond donors (Lipinski definition) is 4. The first-order valence-electron chi connectivity index (χ1n) is 9.94. The lowest BCUT2D eigenvalue weighted by atomic mass is 10.1. The molecular weight excluding hydrogens is 380 g/mol. The molecule has 0 fully saturated rings. The summed E-state index contributed by atoms with van der Waals surface area (Å²) >= 11 is 0. The summed E-state index contributed by atoms with van der Waals surface area (Å²) in [6.07, 6.45) is 0.382. The highest BCUT2D eigenvalue weighted by molar-refractivity contribution is 5.97. The van der Waals surface area contributed by atoms with Crippen LogP contribution in [0.4, 0.5) is 17.1 Å². The van der Waals surface area contributed by atoms with Crippen molar-refractivity contribution in [1.29, 1.82) is 0 Å². The Labute approximate surface area is 177 Å². The van der Waals surface area contributed by atoms with Crippen molar-refractivity contribution in [2.45, 2.75) is 46.6 Å². The molecule has 0 radical (unpaired) electrons. The van der Waals surface area contributed by atoms with Crippen LogP contribution in [-0.2, 0) is 9.59 Å². The molecule has 160 valence electrons. The molecule has 0 unspecified atom stereocenters. The van der Waals surface area contributed by atoms with Crippen LogP contribution in [0.2, 0.25) is 0 Å². The molecule has 2 aromatic rings. The number of nitrogens with one attached hydrogen (secondary N) is 4. The van der Waals surface area contributed by atoms with Gasteiger partial charge >= 0.3 is 0 Å². The minimum absolute atomic E-state index is 0.0366. The molecule has 2 aromatic carbocycles. The van der Waals surface area contributed by atoms with Crippen LogP contribution in [0.5, 0.6) is 0 Å². The second-order valence-corrected chi connectivity index (χ2v) is 8.12. The second kappa shape index (κ2) is 9.91. The Kier molecular flexibility index (Phi) is 7.58. The number of anilines is 3. The van der Waals surface area contributed by atoms with Gasteiger partial charge in [-0.15, -0.1) is 0 Å². The zero-order valence-electron chi connectivity index (χ0n) is 18.2. The summed E-state index contributed by atoms with van der Waals surface area (Å²) in [6, 6.07) is 12.4. The van der Waals surface area contributed by atoms with Gasteiger partial charge in [0, 0.05) is 34.6 Å². The zero-order chi connectivity index (χ0) is 22.3. The fourth-order valence-corrected chi connectivity index (χ4v) is 2.64. The van der Waals surface area contributed by atoms with E-state index in [1.54, 1.807) is 43.3 Å². The standard InChI is InChI=1S/C23H30N4O3/c1-6-20(28)26-19-13-18(11-10-15(19)2)25-21(29)14-24-17-9-7-8-16(12-17)22(30)27-23(3,4)5/h7-13,24H,6,14H2,1-5H3,(H,25,29)(H,26,28)(H,27,30). The number of carbonyl (C=O) groups is 3. The molecule has 0 saturated heterocycles. The van der Waals surface area contributed by atoms with E-state index in [4.69, 9.17) is 0 Å². The molecule has 0 atom stereocenters. The van der Waals surface area contributed by atoms with Crippen molar-refractivity contribution in [2.75, 3.05) is 22.5 Å². The summed E-state index contributed by atoms with van der Waals surface area (Å²) < 4.78 is 0. The number of amides is 3. The first-order chi connectivity index (χ1) is 14.1. The van der Waals surface area contributed by atoms with Gasteiger partial charge in [-0.1, -0.05) is 19.1 Å². The van der Waals surface area contributed by atoms with E-state index in [9.17, 15) is 14.4 Å². The molecule has 30 heavy (non-hydrogen) atoms. The Morgan fingerprint density at radius 2 is 1.63 bits per heavy atom. The molecule has 0 heterocycles. The van der Waals surface area contributed by atoms with Gasteiger partial charge in [-0.25, -0.2) is 0 Å². The molecule has 0 aliphatic rings. The fraction of sp³-hybridized carbons (Fsp3) is 0.348. The summed E-state index contributed by atoms with van der Waals surface area (Å²) in [7, 11) is 0. The summed E-state index contributed by atoms with van der Waals surface area (Å²) in [5, 5.41) is 11.6. The van der Waals surface area contributed by atoms with Crippen LogP contribution in [0.1, 0.15) is 50.0 Å². The quantitative estimate of drug-likeness (QED) is 0.556. The fourth-order valence-electron chi connectivity index (χ4n) is 2.64. The largest absolute Gasteiger partial charge is 0.376 e. The van der Waals surface area contributed by atoms with E-state index >= 15 is 0 Å². The monoisotopic (exact) mass is 410 g/mol. The molecule has 0 saturated carbocycles. The molecular formula is C23H30N4O3. The van der Waals surface area contributed by atoms with Crippen LogP contribution >= 0.6 is 0 Å². The average Bonchev–Trinajstić information content (AvgIpc) is 2.67. The van der Waals surface area contributed by atoms with Crippen molar-refractivity contribution in [3.05, 3.63) is 53.6 Å². The van der Waals surface area contributed by atoms with E-state index < -0.39 is 0 Å². The van der Waals surface area contributed by atoms with Gasteiger partial charge in [-0.05, 0) is 63.6 Å². The van der Waals surface area contributed by atoms with Crippen LogP contribution in [0, 0.1) is 6.92 Å². The summed E-state index contributed by atoms with van der Waals surface area (Å²) in [5.41, 5.74) is 3.04. The molecule has 0 aliphatic carbocycles. The highest BCUT2D eigenvalue weighted by Gasteiger charge is 2.15. The lowest BCUT2D eigenvalue weighted by Crippen LogP contribution is -2.40. The van der Waals surface area contributed by atoms with Gasteiger partial charge in [0.05, 0.1) is 6.54 Å². The van der Waals surface area contributed by atoms with Crippen LogP contribution < -0.4 is 21.3 Å². The van der Waals surface area contributed by atoms with E-state index in [2.05, 4.69) is 21.3 Å². The number of aryl methyl sites for hydroxylation is 1. The minimum atomic E-state index is -0.329. The number of hydrogen-bond acceptors (Lipinski definition) is 4. The molecule has 2 rings (SSSR count). The maximum Gasteiger partial charge on any atom is 0.251 e. The number of carbonyl (C=O) groups excluding carboxylic acids is 3. The Balaban J connectivity index is 1.97. The van der Waals surface area contributed by atoms with E-state index in [1.165, 1.54) is 0 Å². The Hall–Kier alpha value is -3.35. The van der Waals surface area contributed by atoms with E-state index in [0.717, 1.165) is 5.56 Å². The van der Waals surface area contributed by atoms with Crippen molar-refractivity contribution >= 4 is 34.8 Å². The van der Waals surface area contributed by atoms with E-state index in [-0.39, 0.29) is 29.8 Å². The predicted octanol–water partition coefficient (Wildman–Crippen LogP) is 3.92. The van der Waals surface area contributed by atoms with Crippen molar-refractivity contribution in [1.82, 2.24) is 5.32 Å². The topological polar surface area (TPSA) is 99.3 Å². The first kappa shape index (κ1) is 22.9. The van der Waals surface area contributed by atoms with Crippen molar-refractivity contribution < 1.29 is 14.4 Å². The molecule has 7 heteroatoms. The Morgan fingerprint density at radius 1 is 0.900 bits per heavy atom. The third-order valence-corrected chi connectivity index (χ3v) is 4.18. The summed E-state index contributed by atoms with van der Waals surface area (Å²) in [6.45, 7) is 9.46. The van der Waals surface area contributed by atoms with Gasteiger partial charge in [0.2, 0.25) is 11.8 Å². The van der Waals surface area contributed by atoms with Crippen molar-refractivity contribution in [2.24, 2.45) is 0 Å². The second-order valence-electron chi connectivity index (χ2n) is 8.12. The van der Waals surface area contributed by atoms with Gasteiger partial charge in [0.25, 0.3) is 5.91 Å². The summed E-state index contributed by atoms with van der Waals surface area (Å²) in [5.74, 6) is -0.494. The molecule has 0 aliphatic heterocycles. The molecule has 3 amide bonds. The lowest BCUT2D eigenvalue weighted by molar-refractivity contribution is -0.116. The molecule has 0 spiro atoms. The summed E-state index contributed by atoms with van der Waals surface area (Å²) in [4.78, 5) is 36.3. The average molecular weight is 411 g/mol. The highest BCUT2D eigenvalue weighted by Crippen LogP contribution is 2.20. The van der Waals surface area contributed by atoms with Crippen LogP contribution in [0.25, 0.3) is 0 Å². The maximum atomic E-state index is 12.3. The highest BCUT2D eigenvalue weighted by atomic mass is 16.2. The molecule has 0 aromatic heterocycles. The molecule has 0 bridgehead atoms. The Bertz CT molecular complexity index is 932. The smallest absolute Gasteiger partial charge is 0.251 e. The maximum absolute atomic E-state index is 12.3. The lowest BCUT2D eigenvalue weighted by Gasteiger charge is -2.20. The van der Waals surface area contributed by atoms with Gasteiger partial charge in [-0.3, -0.25) is 14.4 Å². The van der Waals surface area contributed by atoms with Gasteiger partial charge in [0.15, 0.2) is 0 Å². The van der Waals surface area contributed by atoms with Gasteiger partial charge in [0.1, 0.15) is 0 Å². The SMILES string of the molecule is CCC(=O)Nc1cc(NC(=O)CNc2cccc(C(=O)NC(C)(C)C)c2)ccc1C. The third kappa shape index (κ3) is 7.24. The third-order valence-electron chi connectivity index (χ3n) is 4.18. The van der Waals surface area contributed by atoms with Crippen LogP contribution in [-0.4, -0.2) is 29.8 Å².